The van der Waals surface area contributed by atoms with Gasteiger partial charge in [0.25, 0.3) is 0 Å². The standard InChI is InChI=1S/C10H14N2/c1-3-5-11-7-9(4-2)6-10-8-12-10/h3-5,7,10,12H,1-2,6,8H2/b9-7+,11-5?. The van der Waals surface area contributed by atoms with Crippen LogP contribution in [0, 0.1) is 0 Å². The Labute approximate surface area is 73.4 Å². The third kappa shape index (κ3) is 3.30. The first-order valence-corrected chi connectivity index (χ1v) is 4.06. The molecule has 1 aliphatic heterocycles. The molecule has 0 amide bonds. The van der Waals surface area contributed by atoms with Crippen molar-refractivity contribution in [2.24, 2.45) is 4.99 Å². The molecule has 0 aromatic carbocycles. The Kier molecular flexibility index (Phi) is 3.48. The van der Waals surface area contributed by atoms with E-state index in [1.165, 1.54) is 5.57 Å². The van der Waals surface area contributed by atoms with E-state index in [-0.39, 0.29) is 0 Å². The van der Waals surface area contributed by atoms with Crippen molar-refractivity contribution in [2.75, 3.05) is 6.54 Å². The van der Waals surface area contributed by atoms with Gasteiger partial charge in [0, 0.05) is 25.0 Å². The van der Waals surface area contributed by atoms with Crippen molar-refractivity contribution < 1.29 is 0 Å². The summed E-state index contributed by atoms with van der Waals surface area (Å²) in [6.07, 6.45) is 8.03. The van der Waals surface area contributed by atoms with Gasteiger partial charge in [0.15, 0.2) is 0 Å². The summed E-state index contributed by atoms with van der Waals surface area (Å²) in [6.45, 7) is 8.39. The second-order valence-corrected chi connectivity index (χ2v) is 2.75. The third-order valence-electron chi connectivity index (χ3n) is 1.67. The molecule has 1 aliphatic rings. The van der Waals surface area contributed by atoms with Crippen molar-refractivity contribution >= 4 is 6.21 Å². The van der Waals surface area contributed by atoms with Crippen LogP contribution >= 0.6 is 0 Å². The number of rotatable bonds is 5. The average molecular weight is 162 g/mol. The normalized spacial score (nSPS) is 22.7. The summed E-state index contributed by atoms with van der Waals surface area (Å²) < 4.78 is 0. The molecule has 1 saturated heterocycles. The Bertz CT molecular complexity index is 222. The van der Waals surface area contributed by atoms with E-state index in [0.29, 0.717) is 6.04 Å². The van der Waals surface area contributed by atoms with Crippen LogP contribution in [0.2, 0.25) is 0 Å². The summed E-state index contributed by atoms with van der Waals surface area (Å²) in [7, 11) is 0. The number of nitrogens with one attached hydrogen (secondary N) is 1. The number of nitrogens with zero attached hydrogens (tertiary/aromatic N) is 1. The Morgan fingerprint density at radius 1 is 1.58 bits per heavy atom. The van der Waals surface area contributed by atoms with E-state index in [4.69, 9.17) is 0 Å². The maximum absolute atomic E-state index is 4.04. The van der Waals surface area contributed by atoms with E-state index in [1.807, 2.05) is 12.3 Å². The topological polar surface area (TPSA) is 34.3 Å². The minimum absolute atomic E-state index is 0.646. The van der Waals surface area contributed by atoms with Crippen molar-refractivity contribution in [3.63, 3.8) is 0 Å². The van der Waals surface area contributed by atoms with Gasteiger partial charge in [-0.2, -0.15) is 0 Å². The number of aliphatic imine (C=N–C) groups is 1. The highest BCUT2D eigenvalue weighted by molar-refractivity contribution is 5.70. The van der Waals surface area contributed by atoms with Crippen LogP contribution in [-0.2, 0) is 0 Å². The molecule has 0 aliphatic carbocycles. The van der Waals surface area contributed by atoms with E-state index >= 15 is 0 Å². The lowest BCUT2D eigenvalue weighted by molar-refractivity contribution is 0.932. The summed E-state index contributed by atoms with van der Waals surface area (Å²) in [6, 6.07) is 0.646. The summed E-state index contributed by atoms with van der Waals surface area (Å²) >= 11 is 0. The minimum Gasteiger partial charge on any atom is -0.311 e. The summed E-state index contributed by atoms with van der Waals surface area (Å²) in [5.74, 6) is 0. The SMILES string of the molecule is C=CC=N/C=C(\C=C)CC1CN1. The average Bonchev–Trinajstić information content (AvgIpc) is 2.87. The van der Waals surface area contributed by atoms with Crippen molar-refractivity contribution in [3.05, 3.63) is 37.1 Å². The van der Waals surface area contributed by atoms with E-state index in [1.54, 1.807) is 12.3 Å². The van der Waals surface area contributed by atoms with Crippen LogP contribution in [-0.4, -0.2) is 18.8 Å². The zero-order chi connectivity index (χ0) is 8.81. The highest BCUT2D eigenvalue weighted by Crippen LogP contribution is 2.12. The molecule has 1 unspecified atom stereocenters. The second-order valence-electron chi connectivity index (χ2n) is 2.75. The van der Waals surface area contributed by atoms with Gasteiger partial charge in [-0.15, -0.1) is 0 Å². The highest BCUT2D eigenvalue weighted by Gasteiger charge is 2.19. The molecule has 2 heteroatoms. The maximum atomic E-state index is 4.04. The van der Waals surface area contributed by atoms with Crippen LogP contribution in [0.15, 0.2) is 42.1 Å². The Morgan fingerprint density at radius 2 is 2.33 bits per heavy atom. The first-order chi connectivity index (χ1) is 5.86. The Morgan fingerprint density at radius 3 is 2.83 bits per heavy atom. The first kappa shape index (κ1) is 8.94. The van der Waals surface area contributed by atoms with E-state index in [2.05, 4.69) is 23.5 Å². The molecule has 0 aromatic heterocycles. The molecular formula is C10H14N2. The fourth-order valence-corrected chi connectivity index (χ4v) is 0.901. The van der Waals surface area contributed by atoms with Crippen LogP contribution < -0.4 is 5.32 Å². The monoisotopic (exact) mass is 162 g/mol. The van der Waals surface area contributed by atoms with Gasteiger partial charge in [-0.1, -0.05) is 25.3 Å². The van der Waals surface area contributed by atoms with Gasteiger partial charge in [0.2, 0.25) is 0 Å². The number of allylic oxidation sites excluding steroid dienone is 2. The lowest BCUT2D eigenvalue weighted by atomic mass is 10.1. The fraction of sp³-hybridized carbons (Fsp3) is 0.300. The molecule has 0 bridgehead atoms. The highest BCUT2D eigenvalue weighted by atomic mass is 15.1. The Hall–Kier alpha value is -1.15. The van der Waals surface area contributed by atoms with Gasteiger partial charge in [-0.05, 0) is 12.0 Å². The van der Waals surface area contributed by atoms with Gasteiger partial charge in [0.1, 0.15) is 0 Å². The van der Waals surface area contributed by atoms with Crippen LogP contribution in [0.1, 0.15) is 6.42 Å². The fourth-order valence-electron chi connectivity index (χ4n) is 0.901. The smallest absolute Gasteiger partial charge is 0.0300 e. The molecule has 0 aromatic rings. The molecular weight excluding hydrogens is 148 g/mol. The molecule has 1 fully saturated rings. The molecule has 2 nitrogen and oxygen atoms in total. The van der Waals surface area contributed by atoms with Crippen LogP contribution in [0.25, 0.3) is 0 Å². The molecule has 0 radical (unpaired) electrons. The summed E-state index contributed by atoms with van der Waals surface area (Å²) in [4.78, 5) is 4.04. The van der Waals surface area contributed by atoms with Gasteiger partial charge < -0.3 is 5.32 Å². The quantitative estimate of drug-likeness (QED) is 0.372. The molecule has 0 spiro atoms. The number of hydrogen-bond acceptors (Lipinski definition) is 2. The van der Waals surface area contributed by atoms with Crippen LogP contribution in [0.4, 0.5) is 0 Å². The van der Waals surface area contributed by atoms with Crippen LogP contribution in [0.3, 0.4) is 0 Å². The molecule has 12 heavy (non-hydrogen) atoms. The lowest BCUT2D eigenvalue weighted by Gasteiger charge is -1.94. The first-order valence-electron chi connectivity index (χ1n) is 4.06. The van der Waals surface area contributed by atoms with Crippen molar-refractivity contribution in [3.8, 4) is 0 Å². The third-order valence-corrected chi connectivity index (χ3v) is 1.67. The van der Waals surface area contributed by atoms with Gasteiger partial charge >= 0.3 is 0 Å². The molecule has 1 atom stereocenters. The maximum Gasteiger partial charge on any atom is 0.0300 e. The van der Waals surface area contributed by atoms with E-state index in [9.17, 15) is 0 Å². The summed E-state index contributed by atoms with van der Waals surface area (Å²) in [5, 5.41) is 3.23. The second kappa shape index (κ2) is 4.67. The van der Waals surface area contributed by atoms with Crippen molar-refractivity contribution in [1.29, 1.82) is 0 Å². The number of hydrogen-bond donors (Lipinski definition) is 1. The molecule has 1 heterocycles. The minimum atomic E-state index is 0.646. The zero-order valence-corrected chi connectivity index (χ0v) is 7.16. The molecule has 64 valence electrons. The van der Waals surface area contributed by atoms with E-state index < -0.39 is 0 Å². The van der Waals surface area contributed by atoms with Gasteiger partial charge in [-0.3, -0.25) is 4.99 Å². The Balaban J connectivity index is 2.40. The summed E-state index contributed by atoms with van der Waals surface area (Å²) in [5.41, 5.74) is 1.17. The predicted molar refractivity (Wildman–Crippen MR) is 53.4 cm³/mol. The largest absolute Gasteiger partial charge is 0.311 e. The van der Waals surface area contributed by atoms with E-state index in [0.717, 1.165) is 13.0 Å². The zero-order valence-electron chi connectivity index (χ0n) is 7.16. The molecule has 0 saturated carbocycles. The van der Waals surface area contributed by atoms with Crippen LogP contribution in [0.5, 0.6) is 0 Å². The van der Waals surface area contributed by atoms with Crippen molar-refractivity contribution in [1.82, 2.24) is 5.32 Å². The van der Waals surface area contributed by atoms with Crippen molar-refractivity contribution in [2.45, 2.75) is 12.5 Å². The predicted octanol–water partition coefficient (Wildman–Crippen LogP) is 1.67. The molecule has 1 rings (SSSR count). The van der Waals surface area contributed by atoms with Gasteiger partial charge in [0.05, 0.1) is 0 Å². The van der Waals surface area contributed by atoms with Gasteiger partial charge in [-0.25, -0.2) is 0 Å². The lowest BCUT2D eigenvalue weighted by Crippen LogP contribution is -1.91. The molecule has 1 N–H and O–H groups in total.